The number of ether oxygens (including phenoxy) is 1. The molecule has 0 unspecified atom stereocenters. The summed E-state index contributed by atoms with van der Waals surface area (Å²) in [6.45, 7) is 0. The minimum atomic E-state index is -1.26. The van der Waals surface area contributed by atoms with Crippen molar-refractivity contribution in [3.8, 4) is 5.75 Å². The van der Waals surface area contributed by atoms with Crippen molar-refractivity contribution in [2.45, 2.75) is 6.42 Å². The molecule has 0 saturated heterocycles. The molecule has 0 radical (unpaired) electrons. The molecule has 4 nitrogen and oxygen atoms in total. The molecule has 0 heterocycles. The quantitative estimate of drug-likeness (QED) is 0.507. The number of carbonyl (C=O) groups excluding carboxylic acids is 1. The summed E-state index contributed by atoms with van der Waals surface area (Å²) in [5, 5.41) is 8.88. The van der Waals surface area contributed by atoms with Gasteiger partial charge in [0.2, 0.25) is 0 Å². The third-order valence-corrected chi connectivity index (χ3v) is 1.94. The van der Waals surface area contributed by atoms with Gasteiger partial charge in [0, 0.05) is 5.02 Å². The van der Waals surface area contributed by atoms with Gasteiger partial charge >= 0.3 is 11.9 Å². The maximum Gasteiger partial charge on any atom is 0.322 e. The number of benzene rings is 1. The average Bonchev–Trinajstić information content (AvgIpc) is 2.08. The molecule has 0 fully saturated rings. The van der Waals surface area contributed by atoms with E-state index in [1.807, 2.05) is 0 Å². The van der Waals surface area contributed by atoms with Crippen LogP contribution < -0.4 is 4.74 Å². The van der Waals surface area contributed by atoms with Gasteiger partial charge in [-0.25, -0.2) is 0 Å². The molecule has 0 aliphatic carbocycles. The fraction of sp³-hybridized carbons (Fsp3) is 0.111. The van der Waals surface area contributed by atoms with Crippen molar-refractivity contribution in [1.29, 1.82) is 0 Å². The predicted octanol–water partition coefficient (Wildman–Crippen LogP) is 2.37. The van der Waals surface area contributed by atoms with E-state index in [4.69, 9.17) is 33.0 Å². The molecule has 15 heavy (non-hydrogen) atoms. The Kier molecular flexibility index (Phi) is 3.94. The van der Waals surface area contributed by atoms with Crippen molar-refractivity contribution in [2.24, 2.45) is 0 Å². The second kappa shape index (κ2) is 5.00. The van der Waals surface area contributed by atoms with E-state index in [1.54, 1.807) is 0 Å². The van der Waals surface area contributed by atoms with E-state index in [2.05, 4.69) is 0 Å². The first kappa shape index (κ1) is 11.8. The van der Waals surface area contributed by atoms with Crippen LogP contribution in [0, 0.1) is 0 Å². The van der Waals surface area contributed by atoms with Crippen LogP contribution in [0.5, 0.6) is 5.75 Å². The molecule has 0 spiro atoms. The molecule has 0 atom stereocenters. The zero-order valence-corrected chi connectivity index (χ0v) is 8.88. The fourth-order valence-electron chi connectivity index (χ4n) is 0.840. The molecule has 0 bridgehead atoms. The Morgan fingerprint density at radius 3 is 2.53 bits per heavy atom. The molecule has 80 valence electrons. The monoisotopic (exact) mass is 248 g/mol. The summed E-state index contributed by atoms with van der Waals surface area (Å²) in [5.74, 6) is -2.05. The third-order valence-electron chi connectivity index (χ3n) is 1.41. The Morgan fingerprint density at radius 2 is 2.00 bits per heavy atom. The minimum absolute atomic E-state index is 0.0901. The van der Waals surface area contributed by atoms with Gasteiger partial charge in [-0.3, -0.25) is 9.59 Å². The van der Waals surface area contributed by atoms with E-state index < -0.39 is 18.4 Å². The van der Waals surface area contributed by atoms with Crippen LogP contribution in [0.25, 0.3) is 0 Å². The fourth-order valence-corrected chi connectivity index (χ4v) is 1.29. The zero-order chi connectivity index (χ0) is 11.4. The van der Waals surface area contributed by atoms with Crippen LogP contribution in [-0.2, 0) is 9.59 Å². The van der Waals surface area contributed by atoms with E-state index in [9.17, 15) is 9.59 Å². The van der Waals surface area contributed by atoms with Gasteiger partial charge in [-0.05, 0) is 18.2 Å². The topological polar surface area (TPSA) is 63.6 Å². The van der Waals surface area contributed by atoms with Crippen LogP contribution in [0.15, 0.2) is 18.2 Å². The van der Waals surface area contributed by atoms with Gasteiger partial charge in [0.1, 0.15) is 12.2 Å². The number of halogens is 2. The van der Waals surface area contributed by atoms with Crippen molar-refractivity contribution < 1.29 is 19.4 Å². The molecule has 1 rings (SSSR count). The Labute approximate surface area is 95.4 Å². The van der Waals surface area contributed by atoms with Crippen LogP contribution >= 0.6 is 23.2 Å². The van der Waals surface area contributed by atoms with Gasteiger partial charge in [0.05, 0.1) is 5.02 Å². The highest BCUT2D eigenvalue weighted by atomic mass is 35.5. The van der Waals surface area contributed by atoms with Gasteiger partial charge in [0.15, 0.2) is 0 Å². The number of carboxylic acids is 1. The summed E-state index contributed by atoms with van der Waals surface area (Å²) in [7, 11) is 0. The standard InChI is InChI=1S/C9H6Cl2O4/c10-5-1-2-7(6(11)3-5)15-9(14)4-8(12)13/h1-3H,4H2,(H,12,13). The molecular weight excluding hydrogens is 243 g/mol. The third kappa shape index (κ3) is 3.77. The summed E-state index contributed by atoms with van der Waals surface area (Å²) in [5.41, 5.74) is 0. The number of carbonyl (C=O) groups is 2. The first-order valence-corrected chi connectivity index (χ1v) is 4.62. The lowest BCUT2D eigenvalue weighted by atomic mass is 10.3. The van der Waals surface area contributed by atoms with Gasteiger partial charge in [0.25, 0.3) is 0 Å². The van der Waals surface area contributed by atoms with Crippen LogP contribution in [0.4, 0.5) is 0 Å². The number of hydrogen-bond acceptors (Lipinski definition) is 3. The summed E-state index contributed by atoms with van der Waals surface area (Å²) >= 11 is 11.3. The maximum atomic E-state index is 11.0. The number of rotatable bonds is 3. The second-order valence-corrected chi connectivity index (χ2v) is 3.46. The Hall–Kier alpha value is -1.26. The molecule has 0 saturated carbocycles. The van der Waals surface area contributed by atoms with Crippen molar-refractivity contribution in [3.63, 3.8) is 0 Å². The molecule has 0 aromatic heterocycles. The molecule has 1 N–H and O–H groups in total. The van der Waals surface area contributed by atoms with E-state index in [1.165, 1.54) is 18.2 Å². The molecule has 1 aromatic rings. The van der Waals surface area contributed by atoms with E-state index in [0.29, 0.717) is 5.02 Å². The highest BCUT2D eigenvalue weighted by molar-refractivity contribution is 6.35. The molecule has 0 amide bonds. The lowest BCUT2D eigenvalue weighted by Crippen LogP contribution is -2.13. The highest BCUT2D eigenvalue weighted by Crippen LogP contribution is 2.27. The van der Waals surface area contributed by atoms with Crippen molar-refractivity contribution >= 4 is 35.1 Å². The second-order valence-electron chi connectivity index (χ2n) is 2.62. The number of aliphatic carboxylic acids is 1. The molecular formula is C9H6Cl2O4. The molecule has 1 aromatic carbocycles. The Morgan fingerprint density at radius 1 is 1.33 bits per heavy atom. The summed E-state index contributed by atoms with van der Waals surface area (Å²) in [4.78, 5) is 21.1. The number of esters is 1. The summed E-state index contributed by atoms with van der Waals surface area (Å²) in [6.07, 6.45) is -0.709. The first-order valence-electron chi connectivity index (χ1n) is 3.86. The Balaban J connectivity index is 2.72. The van der Waals surface area contributed by atoms with Gasteiger partial charge < -0.3 is 9.84 Å². The van der Waals surface area contributed by atoms with Crippen molar-refractivity contribution in [3.05, 3.63) is 28.2 Å². The highest BCUT2D eigenvalue weighted by Gasteiger charge is 2.12. The molecule has 0 aliphatic rings. The van der Waals surface area contributed by atoms with Crippen molar-refractivity contribution in [2.75, 3.05) is 0 Å². The van der Waals surface area contributed by atoms with Gasteiger partial charge in [-0.2, -0.15) is 0 Å². The largest absolute Gasteiger partial charge is 0.481 e. The number of hydrogen-bond donors (Lipinski definition) is 1. The normalized spacial score (nSPS) is 9.73. The van der Waals surface area contributed by atoms with E-state index >= 15 is 0 Å². The maximum absolute atomic E-state index is 11.0. The van der Waals surface area contributed by atoms with Crippen LogP contribution in [0.1, 0.15) is 6.42 Å². The molecule has 6 heteroatoms. The first-order chi connectivity index (χ1) is 6.99. The van der Waals surface area contributed by atoms with Gasteiger partial charge in [-0.15, -0.1) is 0 Å². The van der Waals surface area contributed by atoms with Crippen molar-refractivity contribution in [1.82, 2.24) is 0 Å². The Bertz CT molecular complexity index is 403. The van der Waals surface area contributed by atoms with Gasteiger partial charge in [-0.1, -0.05) is 23.2 Å². The average molecular weight is 249 g/mol. The van der Waals surface area contributed by atoms with Crippen LogP contribution in [0.2, 0.25) is 10.0 Å². The molecule has 0 aliphatic heterocycles. The lowest BCUT2D eigenvalue weighted by Gasteiger charge is -2.04. The van der Waals surface area contributed by atoms with Crippen LogP contribution in [-0.4, -0.2) is 17.0 Å². The SMILES string of the molecule is O=C(O)CC(=O)Oc1ccc(Cl)cc1Cl. The zero-order valence-electron chi connectivity index (χ0n) is 7.37. The summed E-state index contributed by atoms with van der Waals surface area (Å²) in [6, 6.07) is 4.27. The predicted molar refractivity (Wildman–Crippen MR) is 54.3 cm³/mol. The van der Waals surface area contributed by atoms with E-state index in [0.717, 1.165) is 0 Å². The summed E-state index contributed by atoms with van der Waals surface area (Å²) < 4.78 is 4.70. The number of carboxylic acid groups (broad SMARTS) is 1. The lowest BCUT2D eigenvalue weighted by molar-refractivity contribution is -0.145. The van der Waals surface area contributed by atoms with E-state index in [-0.39, 0.29) is 10.8 Å². The van der Waals surface area contributed by atoms with Crippen LogP contribution in [0.3, 0.4) is 0 Å². The minimum Gasteiger partial charge on any atom is -0.481 e. The smallest absolute Gasteiger partial charge is 0.322 e.